The van der Waals surface area contributed by atoms with Crippen LogP contribution in [0.4, 0.5) is 0 Å². The summed E-state index contributed by atoms with van der Waals surface area (Å²) in [6.45, 7) is 3.85. The molecule has 5 rings (SSSR count). The van der Waals surface area contributed by atoms with E-state index < -0.39 is 6.04 Å². The third-order valence-electron chi connectivity index (χ3n) is 6.44. The number of nitrogens with zero attached hydrogens (tertiary/aromatic N) is 3. The lowest BCUT2D eigenvalue weighted by atomic mass is 9.95. The topological polar surface area (TPSA) is 55.2 Å². The van der Waals surface area contributed by atoms with Crippen molar-refractivity contribution in [1.82, 2.24) is 14.5 Å². The van der Waals surface area contributed by atoms with Crippen LogP contribution >= 0.6 is 0 Å². The molecule has 0 N–H and O–H groups in total. The van der Waals surface area contributed by atoms with Gasteiger partial charge in [0.2, 0.25) is 5.91 Å². The summed E-state index contributed by atoms with van der Waals surface area (Å²) in [6.07, 6.45) is 0.585. The van der Waals surface area contributed by atoms with Gasteiger partial charge in [-0.15, -0.1) is 0 Å². The maximum Gasteiger partial charge on any atom is 0.262 e. The fraction of sp³-hybridized carbons (Fsp3) is 0.222. The molecule has 1 aromatic heterocycles. The van der Waals surface area contributed by atoms with E-state index >= 15 is 0 Å². The predicted octanol–water partition coefficient (Wildman–Crippen LogP) is 4.84. The maximum absolute atomic E-state index is 13.7. The minimum absolute atomic E-state index is 0.0611. The summed E-state index contributed by atoms with van der Waals surface area (Å²) in [4.78, 5) is 34.0. The van der Waals surface area contributed by atoms with E-state index in [2.05, 4.69) is 12.1 Å². The number of carbonyl (C=O) groups excluding carboxylic acids is 1. The molecule has 4 aromatic rings. The van der Waals surface area contributed by atoms with Gasteiger partial charge in [-0.2, -0.15) is 0 Å². The van der Waals surface area contributed by atoms with Crippen LogP contribution in [0.5, 0.6) is 0 Å². The highest BCUT2D eigenvalue weighted by atomic mass is 16.2. The summed E-state index contributed by atoms with van der Waals surface area (Å²) < 4.78 is 1.60. The van der Waals surface area contributed by atoms with Gasteiger partial charge in [-0.3, -0.25) is 14.2 Å². The Kier molecular flexibility index (Phi) is 5.10. The van der Waals surface area contributed by atoms with Crippen LogP contribution in [0.25, 0.3) is 10.9 Å². The molecule has 5 heteroatoms. The minimum atomic E-state index is -0.618. The van der Waals surface area contributed by atoms with Gasteiger partial charge < -0.3 is 4.90 Å². The van der Waals surface area contributed by atoms with Crippen molar-refractivity contribution < 1.29 is 4.79 Å². The zero-order valence-electron chi connectivity index (χ0n) is 18.2. The molecule has 0 radical (unpaired) electrons. The van der Waals surface area contributed by atoms with Gasteiger partial charge in [-0.1, -0.05) is 72.8 Å². The molecular formula is C27H25N3O2. The van der Waals surface area contributed by atoms with Crippen LogP contribution < -0.4 is 5.56 Å². The zero-order chi connectivity index (χ0) is 22.2. The van der Waals surface area contributed by atoms with E-state index in [1.165, 1.54) is 0 Å². The Morgan fingerprint density at radius 1 is 0.875 bits per heavy atom. The second-order valence-corrected chi connectivity index (χ2v) is 8.38. The highest BCUT2D eigenvalue weighted by Gasteiger charge is 2.42. The molecule has 2 heterocycles. The van der Waals surface area contributed by atoms with Crippen molar-refractivity contribution in [2.45, 2.75) is 38.4 Å². The normalized spacial score (nSPS) is 19.1. The summed E-state index contributed by atoms with van der Waals surface area (Å²) in [6, 6.07) is 26.3. The molecule has 1 aliphatic heterocycles. The van der Waals surface area contributed by atoms with Crippen LogP contribution in [0.3, 0.4) is 0 Å². The van der Waals surface area contributed by atoms with Crippen LogP contribution in [0.2, 0.25) is 0 Å². The van der Waals surface area contributed by atoms with E-state index in [-0.39, 0.29) is 23.6 Å². The summed E-state index contributed by atoms with van der Waals surface area (Å²) in [5.41, 5.74) is 2.66. The minimum Gasteiger partial charge on any atom is -0.324 e. The van der Waals surface area contributed by atoms with Crippen molar-refractivity contribution in [2.75, 3.05) is 0 Å². The third kappa shape index (κ3) is 3.30. The molecule has 160 valence electrons. The van der Waals surface area contributed by atoms with Crippen LogP contribution in [0, 0.1) is 0 Å². The van der Waals surface area contributed by atoms with Gasteiger partial charge in [0.05, 0.1) is 23.0 Å². The number of benzene rings is 3. The molecule has 0 saturated carbocycles. The van der Waals surface area contributed by atoms with E-state index in [4.69, 9.17) is 4.98 Å². The number of rotatable bonds is 4. The Balaban J connectivity index is 1.73. The second-order valence-electron chi connectivity index (χ2n) is 8.38. The number of amides is 1. The summed E-state index contributed by atoms with van der Waals surface area (Å²) in [5.74, 6) is 0.585. The SMILES string of the molecule is C[C@@H](c1ccccc1)N1C(=O)[C@H](C)n2c(nc3ccccc3c2=O)[C@@H]1Cc1ccccc1. The smallest absolute Gasteiger partial charge is 0.262 e. The number of hydrogen-bond acceptors (Lipinski definition) is 3. The number of hydrogen-bond donors (Lipinski definition) is 0. The standard InChI is InChI=1S/C27H25N3O2/c1-18(21-13-7-4-8-14-21)29-24(17-20-11-5-3-6-12-20)25-28-23-16-10-9-15-22(23)27(32)30(25)19(2)26(29)31/h3-16,18-19,24H,17H2,1-2H3/t18-,19-,24-/m0/s1. The van der Waals surface area contributed by atoms with Crippen LogP contribution in [-0.4, -0.2) is 20.4 Å². The Hall–Kier alpha value is -3.73. The number of aromatic nitrogens is 2. The maximum atomic E-state index is 13.7. The number of fused-ring (bicyclic) bond motifs is 2. The largest absolute Gasteiger partial charge is 0.324 e. The highest BCUT2D eigenvalue weighted by Crippen LogP contribution is 2.38. The lowest BCUT2D eigenvalue weighted by molar-refractivity contribution is -0.142. The van der Waals surface area contributed by atoms with Gasteiger partial charge in [-0.25, -0.2) is 4.98 Å². The van der Waals surface area contributed by atoms with E-state index in [0.29, 0.717) is 23.1 Å². The molecule has 32 heavy (non-hydrogen) atoms. The fourth-order valence-electron chi connectivity index (χ4n) is 4.76. The first-order valence-corrected chi connectivity index (χ1v) is 11.0. The molecule has 1 amide bonds. The Bertz CT molecular complexity index is 1330. The lowest BCUT2D eigenvalue weighted by Gasteiger charge is -2.43. The molecule has 0 unspecified atom stereocenters. The average Bonchev–Trinajstić information content (AvgIpc) is 2.83. The first-order chi connectivity index (χ1) is 15.6. The lowest BCUT2D eigenvalue weighted by Crippen LogP contribution is -2.50. The van der Waals surface area contributed by atoms with Crippen molar-refractivity contribution in [3.8, 4) is 0 Å². The molecule has 5 nitrogen and oxygen atoms in total. The predicted molar refractivity (Wildman–Crippen MR) is 125 cm³/mol. The summed E-state index contributed by atoms with van der Waals surface area (Å²) in [7, 11) is 0. The van der Waals surface area contributed by atoms with Gasteiger partial charge in [0.15, 0.2) is 0 Å². The summed E-state index contributed by atoms with van der Waals surface area (Å²) in [5, 5.41) is 0.541. The fourth-order valence-corrected chi connectivity index (χ4v) is 4.76. The van der Waals surface area contributed by atoms with Crippen molar-refractivity contribution in [3.05, 3.63) is 112 Å². The molecule has 0 aliphatic carbocycles. The molecule has 0 fully saturated rings. The van der Waals surface area contributed by atoms with Crippen molar-refractivity contribution in [2.24, 2.45) is 0 Å². The molecule has 1 aliphatic rings. The van der Waals surface area contributed by atoms with Crippen LogP contribution in [-0.2, 0) is 11.2 Å². The molecule has 0 bridgehead atoms. The van der Waals surface area contributed by atoms with Crippen molar-refractivity contribution in [1.29, 1.82) is 0 Å². The van der Waals surface area contributed by atoms with Gasteiger partial charge in [0, 0.05) is 6.42 Å². The summed E-state index contributed by atoms with van der Waals surface area (Å²) >= 11 is 0. The number of carbonyl (C=O) groups is 1. The van der Waals surface area contributed by atoms with E-state index in [1.54, 1.807) is 17.6 Å². The average molecular weight is 424 g/mol. The van der Waals surface area contributed by atoms with Gasteiger partial charge in [0.1, 0.15) is 11.9 Å². The first kappa shape index (κ1) is 20.2. The zero-order valence-corrected chi connectivity index (χ0v) is 18.2. The third-order valence-corrected chi connectivity index (χ3v) is 6.44. The van der Waals surface area contributed by atoms with Crippen LogP contribution in [0.15, 0.2) is 89.7 Å². The highest BCUT2D eigenvalue weighted by molar-refractivity contribution is 5.84. The Labute approximate surface area is 187 Å². The van der Waals surface area contributed by atoms with Crippen molar-refractivity contribution >= 4 is 16.8 Å². The van der Waals surface area contributed by atoms with E-state index in [1.807, 2.05) is 78.6 Å². The van der Waals surface area contributed by atoms with Crippen molar-refractivity contribution in [3.63, 3.8) is 0 Å². The van der Waals surface area contributed by atoms with E-state index in [0.717, 1.165) is 11.1 Å². The van der Waals surface area contributed by atoms with Gasteiger partial charge >= 0.3 is 0 Å². The first-order valence-electron chi connectivity index (χ1n) is 11.0. The van der Waals surface area contributed by atoms with E-state index in [9.17, 15) is 9.59 Å². The Morgan fingerprint density at radius 2 is 1.50 bits per heavy atom. The molecule has 3 aromatic carbocycles. The van der Waals surface area contributed by atoms with Gasteiger partial charge in [-0.05, 0) is 37.1 Å². The molecule has 0 spiro atoms. The monoisotopic (exact) mass is 423 g/mol. The Morgan fingerprint density at radius 3 is 2.22 bits per heavy atom. The molecule has 3 atom stereocenters. The molecule has 0 saturated heterocycles. The molecular weight excluding hydrogens is 398 g/mol. The van der Waals surface area contributed by atoms with Gasteiger partial charge in [0.25, 0.3) is 5.56 Å². The van der Waals surface area contributed by atoms with Crippen LogP contribution in [0.1, 0.15) is 48.9 Å². The second kappa shape index (κ2) is 8.08. The number of para-hydroxylation sites is 1. The quantitative estimate of drug-likeness (QED) is 0.472.